The Morgan fingerprint density at radius 2 is 1.89 bits per heavy atom. The molecule has 0 aliphatic rings. The van der Waals surface area contributed by atoms with Crippen LogP contribution in [0.4, 0.5) is 0 Å². The zero-order valence-corrected chi connectivity index (χ0v) is 10.7. The molecule has 2 aromatic rings. The first-order valence-electron chi connectivity index (χ1n) is 6.02. The van der Waals surface area contributed by atoms with Crippen molar-refractivity contribution in [2.45, 2.75) is 20.1 Å². The van der Waals surface area contributed by atoms with Gasteiger partial charge in [-0.15, -0.1) is 0 Å². The standard InChI is InChI=1S/C15H15NO3/c1-12-6-5-9-16(15(12)18)10-14(17)19-11-13-7-3-2-4-8-13/h2-9H,10-11H2,1H3. The lowest BCUT2D eigenvalue weighted by atomic mass is 10.2. The highest BCUT2D eigenvalue weighted by Gasteiger charge is 2.06. The molecule has 4 nitrogen and oxygen atoms in total. The summed E-state index contributed by atoms with van der Waals surface area (Å²) in [6.45, 7) is 1.88. The highest BCUT2D eigenvalue weighted by Crippen LogP contribution is 2.01. The zero-order chi connectivity index (χ0) is 13.7. The maximum atomic E-state index is 11.7. The van der Waals surface area contributed by atoms with Crippen LogP contribution in [0.25, 0.3) is 0 Å². The first-order valence-corrected chi connectivity index (χ1v) is 6.02. The van der Waals surface area contributed by atoms with Crippen LogP contribution >= 0.6 is 0 Å². The third-order valence-electron chi connectivity index (χ3n) is 2.75. The summed E-state index contributed by atoms with van der Waals surface area (Å²) in [5, 5.41) is 0. The number of nitrogens with zero attached hydrogens (tertiary/aromatic N) is 1. The Hall–Kier alpha value is -2.36. The fraction of sp³-hybridized carbons (Fsp3) is 0.200. The summed E-state index contributed by atoms with van der Waals surface area (Å²) < 4.78 is 6.48. The fourth-order valence-corrected chi connectivity index (χ4v) is 1.70. The minimum Gasteiger partial charge on any atom is -0.459 e. The summed E-state index contributed by atoms with van der Waals surface area (Å²) in [5.41, 5.74) is 1.37. The van der Waals surface area contributed by atoms with E-state index in [0.717, 1.165) is 5.56 Å². The van der Waals surface area contributed by atoms with Crippen molar-refractivity contribution in [1.82, 2.24) is 4.57 Å². The van der Waals surface area contributed by atoms with E-state index in [4.69, 9.17) is 4.74 Å². The van der Waals surface area contributed by atoms with Gasteiger partial charge in [-0.3, -0.25) is 9.59 Å². The molecule has 0 atom stereocenters. The topological polar surface area (TPSA) is 48.3 Å². The summed E-state index contributed by atoms with van der Waals surface area (Å²) in [6.07, 6.45) is 1.58. The number of carbonyl (C=O) groups is 1. The average Bonchev–Trinajstić information content (AvgIpc) is 2.43. The molecule has 0 spiro atoms. The van der Waals surface area contributed by atoms with Crippen molar-refractivity contribution in [2.75, 3.05) is 0 Å². The minimum atomic E-state index is -0.420. The van der Waals surface area contributed by atoms with Crippen LogP contribution in [-0.2, 0) is 22.7 Å². The van der Waals surface area contributed by atoms with Crippen molar-refractivity contribution in [1.29, 1.82) is 0 Å². The Labute approximate surface area is 111 Å². The van der Waals surface area contributed by atoms with Crippen molar-refractivity contribution in [3.63, 3.8) is 0 Å². The molecular formula is C15H15NO3. The molecule has 0 N–H and O–H groups in total. The number of hydrogen-bond donors (Lipinski definition) is 0. The lowest BCUT2D eigenvalue weighted by molar-refractivity contribution is -0.145. The molecule has 0 aliphatic carbocycles. The van der Waals surface area contributed by atoms with E-state index in [0.29, 0.717) is 5.56 Å². The van der Waals surface area contributed by atoms with Gasteiger partial charge in [0, 0.05) is 11.8 Å². The third kappa shape index (κ3) is 3.55. The number of benzene rings is 1. The average molecular weight is 257 g/mol. The van der Waals surface area contributed by atoms with Crippen LogP contribution in [0, 0.1) is 6.92 Å². The van der Waals surface area contributed by atoms with E-state index in [1.54, 1.807) is 25.3 Å². The maximum absolute atomic E-state index is 11.7. The molecule has 1 aromatic carbocycles. The van der Waals surface area contributed by atoms with Gasteiger partial charge in [-0.25, -0.2) is 0 Å². The number of hydrogen-bond acceptors (Lipinski definition) is 3. The van der Waals surface area contributed by atoms with Crippen molar-refractivity contribution in [3.05, 3.63) is 70.1 Å². The van der Waals surface area contributed by atoms with Gasteiger partial charge >= 0.3 is 5.97 Å². The summed E-state index contributed by atoms with van der Waals surface area (Å²) in [6, 6.07) is 12.9. The van der Waals surface area contributed by atoms with Crippen LogP contribution in [0.15, 0.2) is 53.5 Å². The van der Waals surface area contributed by atoms with Crippen molar-refractivity contribution >= 4 is 5.97 Å². The Balaban J connectivity index is 1.95. The molecule has 2 rings (SSSR count). The molecule has 0 aliphatic heterocycles. The fourth-order valence-electron chi connectivity index (χ4n) is 1.70. The quantitative estimate of drug-likeness (QED) is 0.786. The van der Waals surface area contributed by atoms with Crippen LogP contribution in [0.2, 0.25) is 0 Å². The maximum Gasteiger partial charge on any atom is 0.326 e. The monoisotopic (exact) mass is 257 g/mol. The number of ether oxygens (including phenoxy) is 1. The first kappa shape index (κ1) is 13.1. The second-order valence-corrected chi connectivity index (χ2v) is 4.27. The van der Waals surface area contributed by atoms with Gasteiger partial charge in [0.25, 0.3) is 5.56 Å². The van der Waals surface area contributed by atoms with Gasteiger partial charge in [0.2, 0.25) is 0 Å². The van der Waals surface area contributed by atoms with E-state index in [-0.39, 0.29) is 18.7 Å². The molecule has 0 unspecified atom stereocenters. The van der Waals surface area contributed by atoms with Crippen LogP contribution < -0.4 is 5.56 Å². The first-order chi connectivity index (χ1) is 9.16. The molecule has 0 amide bonds. The predicted molar refractivity (Wildman–Crippen MR) is 71.7 cm³/mol. The SMILES string of the molecule is Cc1cccn(CC(=O)OCc2ccccc2)c1=O. The highest BCUT2D eigenvalue weighted by atomic mass is 16.5. The second kappa shape index (κ2) is 6.00. The molecule has 0 fully saturated rings. The van der Waals surface area contributed by atoms with Gasteiger partial charge in [-0.2, -0.15) is 0 Å². The number of aromatic nitrogens is 1. The molecule has 1 heterocycles. The Morgan fingerprint density at radius 3 is 2.63 bits per heavy atom. The Kier molecular flexibility index (Phi) is 4.13. The number of esters is 1. The molecule has 98 valence electrons. The molecule has 0 radical (unpaired) electrons. The smallest absolute Gasteiger partial charge is 0.326 e. The largest absolute Gasteiger partial charge is 0.459 e. The van der Waals surface area contributed by atoms with Gasteiger partial charge in [-0.05, 0) is 18.6 Å². The Bertz CT molecular complexity index is 617. The van der Waals surface area contributed by atoms with E-state index >= 15 is 0 Å². The van der Waals surface area contributed by atoms with Gasteiger partial charge < -0.3 is 9.30 Å². The van der Waals surface area contributed by atoms with Crippen LogP contribution in [0.1, 0.15) is 11.1 Å². The van der Waals surface area contributed by atoms with Crippen molar-refractivity contribution in [2.24, 2.45) is 0 Å². The van der Waals surface area contributed by atoms with Gasteiger partial charge in [0.1, 0.15) is 13.2 Å². The summed E-state index contributed by atoms with van der Waals surface area (Å²) in [7, 11) is 0. The number of aryl methyl sites for hydroxylation is 1. The number of pyridine rings is 1. The van der Waals surface area contributed by atoms with E-state index in [9.17, 15) is 9.59 Å². The lowest BCUT2D eigenvalue weighted by Gasteiger charge is -2.07. The summed E-state index contributed by atoms with van der Waals surface area (Å²) >= 11 is 0. The molecule has 0 saturated carbocycles. The van der Waals surface area contributed by atoms with Gasteiger partial charge in [-0.1, -0.05) is 36.4 Å². The highest BCUT2D eigenvalue weighted by molar-refractivity contribution is 5.69. The second-order valence-electron chi connectivity index (χ2n) is 4.27. The van der Waals surface area contributed by atoms with Crippen LogP contribution in [-0.4, -0.2) is 10.5 Å². The van der Waals surface area contributed by atoms with Gasteiger partial charge in [0.05, 0.1) is 0 Å². The van der Waals surface area contributed by atoms with E-state index in [1.165, 1.54) is 4.57 Å². The lowest BCUT2D eigenvalue weighted by Crippen LogP contribution is -2.26. The third-order valence-corrected chi connectivity index (χ3v) is 2.75. The van der Waals surface area contributed by atoms with Crippen LogP contribution in [0.3, 0.4) is 0 Å². The summed E-state index contributed by atoms with van der Waals surface area (Å²) in [5.74, 6) is -0.420. The van der Waals surface area contributed by atoms with Crippen molar-refractivity contribution in [3.8, 4) is 0 Å². The molecular weight excluding hydrogens is 242 g/mol. The molecule has 19 heavy (non-hydrogen) atoms. The Morgan fingerprint density at radius 1 is 1.16 bits per heavy atom. The molecule has 0 saturated heterocycles. The molecule has 1 aromatic heterocycles. The zero-order valence-electron chi connectivity index (χ0n) is 10.7. The normalized spacial score (nSPS) is 10.2. The van der Waals surface area contributed by atoms with Crippen molar-refractivity contribution < 1.29 is 9.53 Å². The molecule has 4 heteroatoms. The number of rotatable bonds is 4. The minimum absolute atomic E-state index is 0.0622. The summed E-state index contributed by atoms with van der Waals surface area (Å²) in [4.78, 5) is 23.4. The van der Waals surface area contributed by atoms with E-state index in [1.807, 2.05) is 30.3 Å². The van der Waals surface area contributed by atoms with E-state index in [2.05, 4.69) is 0 Å². The van der Waals surface area contributed by atoms with Gasteiger partial charge in [0.15, 0.2) is 0 Å². The predicted octanol–water partition coefficient (Wildman–Crippen LogP) is 1.90. The van der Waals surface area contributed by atoms with Crippen LogP contribution in [0.5, 0.6) is 0 Å². The number of carbonyl (C=O) groups excluding carboxylic acids is 1. The van der Waals surface area contributed by atoms with E-state index < -0.39 is 5.97 Å². The molecule has 0 bridgehead atoms.